The summed E-state index contributed by atoms with van der Waals surface area (Å²) in [5.74, 6) is 0.467. The molecule has 19 heavy (non-hydrogen) atoms. The van der Waals surface area contributed by atoms with Gasteiger partial charge in [-0.15, -0.1) is 0 Å². The van der Waals surface area contributed by atoms with E-state index in [1.165, 1.54) is 0 Å². The van der Waals surface area contributed by atoms with Crippen LogP contribution >= 0.6 is 11.6 Å². The first kappa shape index (κ1) is 14.1. The van der Waals surface area contributed by atoms with E-state index in [0.29, 0.717) is 10.9 Å². The number of hydrogen-bond acceptors (Lipinski definition) is 2. The fraction of sp³-hybridized carbons (Fsp3) is 0.400. The molecule has 2 rings (SSSR count). The van der Waals surface area contributed by atoms with Crippen LogP contribution in [0, 0.1) is 5.92 Å². The highest BCUT2D eigenvalue weighted by atomic mass is 35.5. The first-order valence-corrected chi connectivity index (χ1v) is 6.90. The van der Waals surface area contributed by atoms with E-state index in [0.717, 1.165) is 31.5 Å². The van der Waals surface area contributed by atoms with Crippen molar-refractivity contribution in [1.82, 2.24) is 4.90 Å². The molecule has 1 heterocycles. The highest BCUT2D eigenvalue weighted by molar-refractivity contribution is 6.30. The molecular formula is C15H18ClNO2. The lowest BCUT2D eigenvalue weighted by molar-refractivity contribution is -0.125. The molecular weight excluding hydrogens is 262 g/mol. The molecule has 1 aromatic rings. The molecule has 1 unspecified atom stereocenters. The lowest BCUT2D eigenvalue weighted by Crippen LogP contribution is -2.26. The summed E-state index contributed by atoms with van der Waals surface area (Å²) in [6.07, 6.45) is 5.14. The van der Waals surface area contributed by atoms with E-state index in [-0.39, 0.29) is 12.5 Å². The van der Waals surface area contributed by atoms with Gasteiger partial charge in [0.25, 0.3) is 0 Å². The second kappa shape index (κ2) is 6.73. The summed E-state index contributed by atoms with van der Waals surface area (Å²) in [5, 5.41) is 9.57. The van der Waals surface area contributed by atoms with Crippen LogP contribution in [0.4, 0.5) is 0 Å². The summed E-state index contributed by atoms with van der Waals surface area (Å²) in [5.41, 5.74) is 0.923. The van der Waals surface area contributed by atoms with E-state index in [9.17, 15) is 4.79 Å². The van der Waals surface area contributed by atoms with Crippen LogP contribution in [0.1, 0.15) is 18.4 Å². The minimum atomic E-state index is 0.0282. The third-order valence-electron chi connectivity index (χ3n) is 3.40. The molecule has 1 amide bonds. The maximum absolute atomic E-state index is 12.0. The van der Waals surface area contributed by atoms with Crippen molar-refractivity contribution in [2.75, 3.05) is 19.7 Å². The van der Waals surface area contributed by atoms with Gasteiger partial charge in [-0.1, -0.05) is 23.7 Å². The second-order valence-electron chi connectivity index (χ2n) is 4.84. The third-order valence-corrected chi connectivity index (χ3v) is 3.64. The Labute approximate surface area is 118 Å². The zero-order chi connectivity index (χ0) is 13.7. The molecule has 4 heteroatoms. The number of benzene rings is 1. The molecule has 1 aliphatic heterocycles. The number of likely N-dealkylation sites (tertiary alicyclic amines) is 1. The minimum Gasteiger partial charge on any atom is -0.396 e. The first-order valence-electron chi connectivity index (χ1n) is 6.52. The average molecular weight is 280 g/mol. The predicted molar refractivity (Wildman–Crippen MR) is 76.9 cm³/mol. The number of carbonyl (C=O) groups excluding carboxylic acids is 1. The molecule has 1 aromatic carbocycles. The van der Waals surface area contributed by atoms with Gasteiger partial charge in [0.15, 0.2) is 0 Å². The van der Waals surface area contributed by atoms with Crippen molar-refractivity contribution in [3.8, 4) is 0 Å². The van der Waals surface area contributed by atoms with E-state index in [2.05, 4.69) is 0 Å². The van der Waals surface area contributed by atoms with E-state index < -0.39 is 0 Å². The first-order chi connectivity index (χ1) is 9.19. The van der Waals surface area contributed by atoms with Crippen LogP contribution in [-0.4, -0.2) is 35.6 Å². The number of hydrogen-bond donors (Lipinski definition) is 1. The molecule has 1 N–H and O–H groups in total. The number of nitrogens with zero attached hydrogens (tertiary/aromatic N) is 1. The highest BCUT2D eigenvalue weighted by Crippen LogP contribution is 2.19. The molecule has 0 radical (unpaired) electrons. The zero-order valence-corrected chi connectivity index (χ0v) is 11.5. The van der Waals surface area contributed by atoms with Gasteiger partial charge in [-0.3, -0.25) is 4.79 Å². The highest BCUT2D eigenvalue weighted by Gasteiger charge is 2.24. The summed E-state index contributed by atoms with van der Waals surface area (Å²) in [7, 11) is 0. The monoisotopic (exact) mass is 279 g/mol. The van der Waals surface area contributed by atoms with Crippen molar-refractivity contribution in [3.05, 3.63) is 40.9 Å². The molecule has 0 aromatic heterocycles. The van der Waals surface area contributed by atoms with Crippen molar-refractivity contribution in [2.24, 2.45) is 5.92 Å². The molecule has 0 aliphatic carbocycles. The Bertz CT molecular complexity index is 473. The van der Waals surface area contributed by atoms with Gasteiger partial charge in [-0.25, -0.2) is 0 Å². The predicted octanol–water partition coefficient (Wildman–Crippen LogP) is 2.58. The van der Waals surface area contributed by atoms with Gasteiger partial charge in [-0.2, -0.15) is 0 Å². The fourth-order valence-corrected chi connectivity index (χ4v) is 2.53. The molecule has 0 bridgehead atoms. The maximum Gasteiger partial charge on any atom is 0.246 e. The third kappa shape index (κ3) is 4.08. The summed E-state index contributed by atoms with van der Waals surface area (Å²) in [4.78, 5) is 13.8. The zero-order valence-electron chi connectivity index (χ0n) is 10.8. The van der Waals surface area contributed by atoms with Crippen molar-refractivity contribution >= 4 is 23.6 Å². The van der Waals surface area contributed by atoms with Crippen LogP contribution in [0.2, 0.25) is 5.02 Å². The number of carbonyl (C=O) groups is 1. The number of aliphatic hydroxyl groups is 1. The van der Waals surface area contributed by atoms with Crippen LogP contribution in [0.15, 0.2) is 30.3 Å². The molecule has 1 atom stereocenters. The summed E-state index contributed by atoms with van der Waals surface area (Å²) < 4.78 is 0. The number of aliphatic hydroxyl groups excluding tert-OH is 1. The topological polar surface area (TPSA) is 40.5 Å². The van der Waals surface area contributed by atoms with Crippen LogP contribution in [0.5, 0.6) is 0 Å². The normalized spacial score (nSPS) is 19.3. The van der Waals surface area contributed by atoms with Crippen LogP contribution in [0.3, 0.4) is 0 Å². The standard InChI is InChI=1S/C15H18ClNO2/c16-14-3-1-2-12(10-14)4-5-15(19)17-8-6-13(11-17)7-9-18/h1-5,10,13,18H,6-9,11H2/b5-4+. The van der Waals surface area contributed by atoms with Crippen LogP contribution in [-0.2, 0) is 4.79 Å². The smallest absolute Gasteiger partial charge is 0.246 e. The maximum atomic E-state index is 12.0. The number of halogens is 1. The van der Waals surface area contributed by atoms with Crippen molar-refractivity contribution < 1.29 is 9.90 Å². The molecule has 1 fully saturated rings. The van der Waals surface area contributed by atoms with Gasteiger partial charge in [0, 0.05) is 30.8 Å². The van der Waals surface area contributed by atoms with Gasteiger partial charge in [0.2, 0.25) is 5.91 Å². The lowest BCUT2D eigenvalue weighted by atomic mass is 10.1. The van der Waals surface area contributed by atoms with Gasteiger partial charge in [0.1, 0.15) is 0 Å². The fourth-order valence-electron chi connectivity index (χ4n) is 2.33. The number of rotatable bonds is 4. The Morgan fingerprint density at radius 2 is 2.37 bits per heavy atom. The summed E-state index contributed by atoms with van der Waals surface area (Å²) >= 11 is 5.89. The molecule has 1 aliphatic rings. The molecule has 0 spiro atoms. The van der Waals surface area contributed by atoms with E-state index in [4.69, 9.17) is 16.7 Å². The van der Waals surface area contributed by atoms with Gasteiger partial charge in [0.05, 0.1) is 0 Å². The SMILES string of the molecule is O=C(/C=C/c1cccc(Cl)c1)N1CCC(CCO)C1. The van der Waals surface area contributed by atoms with Crippen LogP contribution < -0.4 is 0 Å². The largest absolute Gasteiger partial charge is 0.396 e. The lowest BCUT2D eigenvalue weighted by Gasteiger charge is -2.13. The molecule has 0 saturated carbocycles. The molecule has 102 valence electrons. The quantitative estimate of drug-likeness (QED) is 0.861. The summed E-state index contributed by atoms with van der Waals surface area (Å²) in [6, 6.07) is 7.40. The Hall–Kier alpha value is -1.32. The average Bonchev–Trinajstić information content (AvgIpc) is 2.85. The van der Waals surface area contributed by atoms with Crippen LogP contribution in [0.25, 0.3) is 6.08 Å². The minimum absolute atomic E-state index is 0.0282. The molecule has 3 nitrogen and oxygen atoms in total. The Kier molecular flexibility index (Phi) is 5.00. The summed E-state index contributed by atoms with van der Waals surface area (Å²) in [6.45, 7) is 1.73. The van der Waals surface area contributed by atoms with E-state index in [1.54, 1.807) is 18.2 Å². The van der Waals surface area contributed by atoms with Crippen molar-refractivity contribution in [1.29, 1.82) is 0 Å². The van der Waals surface area contributed by atoms with Gasteiger partial charge < -0.3 is 10.0 Å². The Balaban J connectivity index is 1.91. The number of amides is 1. The van der Waals surface area contributed by atoms with Crippen molar-refractivity contribution in [2.45, 2.75) is 12.8 Å². The second-order valence-corrected chi connectivity index (χ2v) is 5.28. The van der Waals surface area contributed by atoms with E-state index >= 15 is 0 Å². The Morgan fingerprint density at radius 1 is 1.53 bits per heavy atom. The van der Waals surface area contributed by atoms with E-state index in [1.807, 2.05) is 23.1 Å². The van der Waals surface area contributed by atoms with Crippen molar-refractivity contribution in [3.63, 3.8) is 0 Å². The van der Waals surface area contributed by atoms with Gasteiger partial charge >= 0.3 is 0 Å². The molecule has 1 saturated heterocycles. The van der Waals surface area contributed by atoms with Gasteiger partial charge in [-0.05, 0) is 42.5 Å². The Morgan fingerprint density at radius 3 is 3.11 bits per heavy atom.